The van der Waals surface area contributed by atoms with Crippen molar-refractivity contribution in [1.29, 1.82) is 0 Å². The zero-order valence-electron chi connectivity index (χ0n) is 12.0. The third kappa shape index (κ3) is 3.46. The molecule has 0 atom stereocenters. The molecular weight excluding hydrogens is 339 g/mol. The molecule has 0 saturated heterocycles. The lowest BCUT2D eigenvalue weighted by molar-refractivity contribution is -0.384. The van der Waals surface area contributed by atoms with Crippen molar-refractivity contribution in [2.75, 3.05) is 0 Å². The first kappa shape index (κ1) is 15.8. The second-order valence-electron chi connectivity index (χ2n) is 4.59. The lowest BCUT2D eigenvalue weighted by Crippen LogP contribution is -2.10. The van der Waals surface area contributed by atoms with E-state index in [1.807, 2.05) is 0 Å². The SMILES string of the molecule is O=C(OCc1nc2cccc(F)c2s1)Oc1ccc([N+](=O)[O-])cc1. The van der Waals surface area contributed by atoms with Gasteiger partial charge in [-0.05, 0) is 24.3 Å². The van der Waals surface area contributed by atoms with Crippen molar-refractivity contribution in [3.05, 3.63) is 63.4 Å². The molecule has 0 unspecified atom stereocenters. The van der Waals surface area contributed by atoms with Gasteiger partial charge in [-0.1, -0.05) is 6.07 Å². The number of hydrogen-bond donors (Lipinski definition) is 0. The summed E-state index contributed by atoms with van der Waals surface area (Å²) in [4.78, 5) is 25.7. The number of carbonyl (C=O) groups is 1. The fourth-order valence-electron chi connectivity index (χ4n) is 1.91. The minimum atomic E-state index is -0.983. The number of nitro benzene ring substituents is 1. The summed E-state index contributed by atoms with van der Waals surface area (Å²) in [7, 11) is 0. The number of ether oxygens (including phenoxy) is 2. The van der Waals surface area contributed by atoms with E-state index in [0.29, 0.717) is 15.2 Å². The molecule has 9 heteroatoms. The minimum absolute atomic E-state index is 0.112. The normalized spacial score (nSPS) is 10.5. The van der Waals surface area contributed by atoms with Crippen molar-refractivity contribution < 1.29 is 23.6 Å². The summed E-state index contributed by atoms with van der Waals surface area (Å²) < 4.78 is 23.8. The highest BCUT2D eigenvalue weighted by Gasteiger charge is 2.12. The number of carbonyl (C=O) groups excluding carboxylic acids is 1. The summed E-state index contributed by atoms with van der Waals surface area (Å²) in [6.07, 6.45) is -0.983. The van der Waals surface area contributed by atoms with Gasteiger partial charge in [0.25, 0.3) is 5.69 Å². The molecule has 0 amide bonds. The smallest absolute Gasteiger partial charge is 0.427 e. The third-order valence-electron chi connectivity index (χ3n) is 2.97. The largest absolute Gasteiger partial charge is 0.514 e. The highest BCUT2D eigenvalue weighted by molar-refractivity contribution is 7.18. The van der Waals surface area contributed by atoms with Crippen LogP contribution in [0.5, 0.6) is 5.75 Å². The van der Waals surface area contributed by atoms with Crippen LogP contribution in [0, 0.1) is 15.9 Å². The Kier molecular flexibility index (Phi) is 4.34. The molecule has 0 N–H and O–H groups in total. The molecule has 0 aliphatic rings. The van der Waals surface area contributed by atoms with Crippen molar-refractivity contribution in [1.82, 2.24) is 4.98 Å². The van der Waals surface area contributed by atoms with Crippen LogP contribution in [0.1, 0.15) is 5.01 Å². The van der Waals surface area contributed by atoms with Gasteiger partial charge in [0.1, 0.15) is 23.2 Å². The zero-order valence-corrected chi connectivity index (χ0v) is 12.8. The monoisotopic (exact) mass is 348 g/mol. The highest BCUT2D eigenvalue weighted by atomic mass is 32.1. The molecule has 0 saturated carbocycles. The topological polar surface area (TPSA) is 91.6 Å². The van der Waals surface area contributed by atoms with Crippen LogP contribution in [0.15, 0.2) is 42.5 Å². The van der Waals surface area contributed by atoms with E-state index in [1.54, 1.807) is 12.1 Å². The van der Waals surface area contributed by atoms with Crippen LogP contribution < -0.4 is 4.74 Å². The maximum absolute atomic E-state index is 13.6. The second-order valence-corrected chi connectivity index (χ2v) is 5.67. The van der Waals surface area contributed by atoms with Gasteiger partial charge < -0.3 is 9.47 Å². The molecule has 1 aromatic heterocycles. The van der Waals surface area contributed by atoms with Crippen molar-refractivity contribution in [3.63, 3.8) is 0 Å². The zero-order chi connectivity index (χ0) is 17.1. The maximum Gasteiger partial charge on any atom is 0.514 e. The van der Waals surface area contributed by atoms with Gasteiger partial charge in [-0.15, -0.1) is 11.3 Å². The van der Waals surface area contributed by atoms with E-state index in [0.717, 1.165) is 11.3 Å². The van der Waals surface area contributed by atoms with Crippen molar-refractivity contribution in [2.24, 2.45) is 0 Å². The molecule has 3 rings (SSSR count). The first-order chi connectivity index (χ1) is 11.5. The molecule has 1 heterocycles. The Morgan fingerprint density at radius 1 is 1.25 bits per heavy atom. The van der Waals surface area contributed by atoms with Crippen LogP contribution in [0.3, 0.4) is 0 Å². The Morgan fingerprint density at radius 3 is 2.67 bits per heavy atom. The van der Waals surface area contributed by atoms with Gasteiger partial charge in [0.2, 0.25) is 0 Å². The molecule has 0 aliphatic heterocycles. The number of non-ortho nitro benzene ring substituents is 1. The molecule has 0 spiro atoms. The molecule has 3 aromatic rings. The average Bonchev–Trinajstić information content (AvgIpc) is 2.98. The number of fused-ring (bicyclic) bond motifs is 1. The molecular formula is C15H9FN2O5S. The van der Waals surface area contributed by atoms with Crippen LogP contribution in [0.2, 0.25) is 0 Å². The number of nitrogens with zero attached hydrogens (tertiary/aromatic N) is 2. The number of aromatic nitrogens is 1. The first-order valence-corrected chi connectivity index (χ1v) is 7.47. The summed E-state index contributed by atoms with van der Waals surface area (Å²) in [6, 6.07) is 9.52. The molecule has 2 aromatic carbocycles. The number of thiazole rings is 1. The Morgan fingerprint density at radius 2 is 2.00 bits per heavy atom. The predicted molar refractivity (Wildman–Crippen MR) is 83.5 cm³/mol. The van der Waals surface area contributed by atoms with Gasteiger partial charge in [-0.2, -0.15) is 0 Å². The molecule has 7 nitrogen and oxygen atoms in total. The summed E-state index contributed by atoms with van der Waals surface area (Å²) >= 11 is 1.08. The van der Waals surface area contributed by atoms with Gasteiger partial charge in [0.05, 0.1) is 15.1 Å². The van der Waals surface area contributed by atoms with Crippen molar-refractivity contribution in [3.8, 4) is 5.75 Å². The predicted octanol–water partition coefficient (Wildman–Crippen LogP) is 4.06. The summed E-state index contributed by atoms with van der Waals surface area (Å²) in [5.41, 5.74) is 0.370. The Bertz CT molecular complexity index is 910. The van der Waals surface area contributed by atoms with E-state index in [2.05, 4.69) is 4.98 Å². The minimum Gasteiger partial charge on any atom is -0.427 e. The van der Waals surface area contributed by atoms with Crippen molar-refractivity contribution >= 4 is 33.4 Å². The number of rotatable bonds is 4. The molecule has 24 heavy (non-hydrogen) atoms. The van der Waals surface area contributed by atoms with Crippen LogP contribution >= 0.6 is 11.3 Å². The number of halogens is 1. The molecule has 0 fully saturated rings. The fraction of sp³-hybridized carbons (Fsp3) is 0.0667. The van der Waals surface area contributed by atoms with Crippen LogP contribution in [0.4, 0.5) is 14.9 Å². The van der Waals surface area contributed by atoms with E-state index in [9.17, 15) is 19.3 Å². The number of nitro groups is 1. The Labute approximate surface area is 138 Å². The standard InChI is InChI=1S/C15H9FN2O5S/c16-11-2-1-3-12-14(11)24-13(17-12)8-22-15(19)23-10-6-4-9(5-7-10)18(20)21/h1-7H,8H2. The Hall–Kier alpha value is -3.07. The van der Waals surface area contributed by atoms with Gasteiger partial charge in [-0.25, -0.2) is 14.2 Å². The van der Waals surface area contributed by atoms with E-state index >= 15 is 0 Å². The van der Waals surface area contributed by atoms with E-state index in [1.165, 1.54) is 30.3 Å². The van der Waals surface area contributed by atoms with Crippen LogP contribution in [0.25, 0.3) is 10.2 Å². The maximum atomic E-state index is 13.6. The molecule has 0 aliphatic carbocycles. The van der Waals surface area contributed by atoms with Gasteiger partial charge in [0, 0.05) is 12.1 Å². The lowest BCUT2D eigenvalue weighted by Gasteiger charge is -2.04. The summed E-state index contributed by atoms with van der Waals surface area (Å²) in [5, 5.41) is 11.0. The fourth-order valence-corrected chi connectivity index (χ4v) is 2.79. The highest BCUT2D eigenvalue weighted by Crippen LogP contribution is 2.25. The van der Waals surface area contributed by atoms with E-state index in [-0.39, 0.29) is 23.9 Å². The second kappa shape index (κ2) is 6.59. The van der Waals surface area contributed by atoms with Crippen molar-refractivity contribution in [2.45, 2.75) is 6.61 Å². The van der Waals surface area contributed by atoms with E-state index in [4.69, 9.17) is 9.47 Å². The van der Waals surface area contributed by atoms with Gasteiger partial charge >= 0.3 is 6.16 Å². The van der Waals surface area contributed by atoms with Gasteiger partial charge in [-0.3, -0.25) is 10.1 Å². The quantitative estimate of drug-likeness (QED) is 0.306. The Balaban J connectivity index is 1.60. The molecule has 0 bridgehead atoms. The molecule has 122 valence electrons. The van der Waals surface area contributed by atoms with Crippen LogP contribution in [-0.4, -0.2) is 16.1 Å². The van der Waals surface area contributed by atoms with Gasteiger partial charge in [0.15, 0.2) is 0 Å². The average molecular weight is 348 g/mol. The number of benzene rings is 2. The summed E-state index contributed by atoms with van der Waals surface area (Å²) in [5.74, 6) is -0.273. The molecule has 0 radical (unpaired) electrons. The first-order valence-electron chi connectivity index (χ1n) is 6.66. The van der Waals surface area contributed by atoms with E-state index < -0.39 is 11.1 Å². The summed E-state index contributed by atoms with van der Waals surface area (Å²) in [6.45, 7) is -0.162. The lowest BCUT2D eigenvalue weighted by atomic mass is 10.3. The third-order valence-corrected chi connectivity index (χ3v) is 4.03. The number of hydrogen-bond acceptors (Lipinski definition) is 7. The van der Waals surface area contributed by atoms with Crippen LogP contribution in [-0.2, 0) is 11.3 Å².